The van der Waals surface area contributed by atoms with E-state index in [2.05, 4.69) is 27.7 Å². The van der Waals surface area contributed by atoms with Gasteiger partial charge in [-0.3, -0.25) is 0 Å². The van der Waals surface area contributed by atoms with Gasteiger partial charge in [0.05, 0.1) is 24.6 Å². The fourth-order valence-electron chi connectivity index (χ4n) is 4.26. The van der Waals surface area contributed by atoms with E-state index in [-0.39, 0.29) is 17.0 Å². The zero-order valence-corrected chi connectivity index (χ0v) is 22.2. The van der Waals surface area contributed by atoms with E-state index in [1.165, 1.54) is 103 Å². The molecular weight excluding hydrogens is 411 g/mol. The zero-order valence-electron chi connectivity index (χ0n) is 19.7. The maximum absolute atomic E-state index is 2.39. The summed E-state index contributed by atoms with van der Waals surface area (Å²) in [7, 11) is -0.623. The van der Waals surface area contributed by atoms with Crippen LogP contribution in [0.4, 0.5) is 0 Å². The Kier molecular flexibility index (Phi) is 25.9. The lowest BCUT2D eigenvalue weighted by Crippen LogP contribution is -3.00. The van der Waals surface area contributed by atoms with Gasteiger partial charge in [0.15, 0.2) is 0 Å². The van der Waals surface area contributed by atoms with Gasteiger partial charge in [0, 0.05) is 7.26 Å². The lowest BCUT2D eigenvalue weighted by Gasteiger charge is -2.28. The van der Waals surface area contributed by atoms with Crippen molar-refractivity contribution in [2.75, 3.05) is 24.6 Å². The monoisotopic (exact) mass is 464 g/mol. The second-order valence-corrected chi connectivity index (χ2v) is 13.3. The van der Waals surface area contributed by atoms with Gasteiger partial charge in [-0.1, -0.05) is 105 Å². The van der Waals surface area contributed by atoms with Gasteiger partial charge >= 0.3 is 0 Å². The van der Waals surface area contributed by atoms with Gasteiger partial charge in [0.25, 0.3) is 0 Å². The molecule has 0 saturated carbocycles. The average Bonchev–Trinajstić information content (AvgIpc) is 2.66. The highest BCUT2D eigenvalue weighted by atomic mass is 79.9. The predicted molar refractivity (Wildman–Crippen MR) is 128 cm³/mol. The summed E-state index contributed by atoms with van der Waals surface area (Å²) in [5.74, 6) is 0. The van der Waals surface area contributed by atoms with E-state index in [0.717, 1.165) is 0 Å². The van der Waals surface area contributed by atoms with E-state index in [1.807, 2.05) is 0 Å². The van der Waals surface area contributed by atoms with Gasteiger partial charge in [0.1, 0.15) is 0 Å². The highest BCUT2D eigenvalue weighted by Gasteiger charge is 2.34. The lowest BCUT2D eigenvalue weighted by molar-refractivity contribution is -0.00000601. The third-order valence-corrected chi connectivity index (χ3v) is 11.3. The van der Waals surface area contributed by atoms with Crippen molar-refractivity contribution in [1.82, 2.24) is 0 Å². The molecule has 2 heteroatoms. The minimum atomic E-state index is -0.623. The second-order valence-electron chi connectivity index (χ2n) is 8.83. The Morgan fingerprint density at radius 2 is 0.593 bits per heavy atom. The van der Waals surface area contributed by atoms with E-state index in [4.69, 9.17) is 0 Å². The van der Waals surface area contributed by atoms with E-state index < -0.39 is 7.26 Å². The summed E-state index contributed by atoms with van der Waals surface area (Å²) in [6.07, 6.45) is 31.5. The Morgan fingerprint density at radius 3 is 0.926 bits per heavy atom. The summed E-state index contributed by atoms with van der Waals surface area (Å²) >= 11 is 0. The third-order valence-electron chi connectivity index (χ3n) is 6.19. The highest BCUT2D eigenvalue weighted by molar-refractivity contribution is 7.75. The molecule has 0 unspecified atom stereocenters. The Hall–Kier alpha value is 0.910. The first-order valence-corrected chi connectivity index (χ1v) is 15.1. The molecule has 0 aliphatic carbocycles. The van der Waals surface area contributed by atoms with Crippen LogP contribution in [-0.4, -0.2) is 24.6 Å². The van der Waals surface area contributed by atoms with E-state index in [1.54, 1.807) is 31.1 Å². The highest BCUT2D eigenvalue weighted by Crippen LogP contribution is 2.61. The maximum atomic E-state index is 2.39. The van der Waals surface area contributed by atoms with Crippen molar-refractivity contribution in [1.29, 1.82) is 0 Å². The largest absolute Gasteiger partial charge is 1.00 e. The quantitative estimate of drug-likeness (QED) is 0.130. The van der Waals surface area contributed by atoms with Gasteiger partial charge in [-0.05, 0) is 32.1 Å². The van der Waals surface area contributed by atoms with Crippen LogP contribution in [0.2, 0.25) is 0 Å². The van der Waals surface area contributed by atoms with Crippen LogP contribution in [0.3, 0.4) is 0 Å². The third kappa shape index (κ3) is 18.7. The standard InChI is InChI=1S/C25H54P.BrH/c1-5-9-13-14-15-16-17-18-19-20-21-25-26(22-10-6-2,23-11-7-3)24-12-8-4;/h5-25H2,1-4H3;1H/q+1;/p-1. The molecule has 0 amide bonds. The molecule has 0 saturated heterocycles. The summed E-state index contributed by atoms with van der Waals surface area (Å²) in [6, 6.07) is 0. The molecule has 0 atom stereocenters. The Bertz CT molecular complexity index is 245. The summed E-state index contributed by atoms with van der Waals surface area (Å²) in [6.45, 7) is 9.47. The van der Waals surface area contributed by atoms with Crippen molar-refractivity contribution in [2.24, 2.45) is 0 Å². The molecule has 0 heterocycles. The molecular formula is C25H54BrP. The van der Waals surface area contributed by atoms with Gasteiger partial charge in [-0.15, -0.1) is 0 Å². The van der Waals surface area contributed by atoms with Crippen LogP contribution in [0.15, 0.2) is 0 Å². The Morgan fingerprint density at radius 1 is 0.333 bits per heavy atom. The number of rotatable bonds is 21. The van der Waals surface area contributed by atoms with Crippen molar-refractivity contribution in [3.8, 4) is 0 Å². The molecule has 0 aromatic heterocycles. The predicted octanol–water partition coefficient (Wildman–Crippen LogP) is 6.72. The summed E-state index contributed by atoms with van der Waals surface area (Å²) in [4.78, 5) is 0. The average molecular weight is 466 g/mol. The molecule has 166 valence electrons. The fourth-order valence-corrected chi connectivity index (χ4v) is 9.46. The molecule has 0 aliphatic rings. The van der Waals surface area contributed by atoms with Crippen LogP contribution in [0, 0.1) is 0 Å². The molecule has 0 spiro atoms. The van der Waals surface area contributed by atoms with Gasteiger partial charge in [0.2, 0.25) is 0 Å². The van der Waals surface area contributed by atoms with Gasteiger partial charge in [-0.25, -0.2) is 0 Å². The van der Waals surface area contributed by atoms with Crippen molar-refractivity contribution < 1.29 is 17.0 Å². The van der Waals surface area contributed by atoms with Crippen molar-refractivity contribution in [3.05, 3.63) is 0 Å². The summed E-state index contributed by atoms with van der Waals surface area (Å²) < 4.78 is 0. The second kappa shape index (κ2) is 23.2. The molecule has 0 N–H and O–H groups in total. The smallest absolute Gasteiger partial charge is 0.0594 e. The zero-order chi connectivity index (χ0) is 19.3. The maximum Gasteiger partial charge on any atom is 0.0594 e. The first kappa shape index (κ1) is 30.1. The van der Waals surface area contributed by atoms with E-state index in [9.17, 15) is 0 Å². The topological polar surface area (TPSA) is 0 Å². The first-order chi connectivity index (χ1) is 12.7. The minimum Gasteiger partial charge on any atom is -1.00 e. The number of halogens is 1. The van der Waals surface area contributed by atoms with Crippen LogP contribution in [0.1, 0.15) is 137 Å². The minimum absolute atomic E-state index is 0. The summed E-state index contributed by atoms with van der Waals surface area (Å²) in [5, 5.41) is 0. The summed E-state index contributed by atoms with van der Waals surface area (Å²) in [5.41, 5.74) is 0. The van der Waals surface area contributed by atoms with E-state index in [0.29, 0.717) is 0 Å². The van der Waals surface area contributed by atoms with Gasteiger partial charge < -0.3 is 17.0 Å². The van der Waals surface area contributed by atoms with Crippen molar-refractivity contribution in [3.63, 3.8) is 0 Å². The van der Waals surface area contributed by atoms with Crippen molar-refractivity contribution in [2.45, 2.75) is 137 Å². The number of hydrogen-bond acceptors (Lipinski definition) is 0. The van der Waals surface area contributed by atoms with Gasteiger partial charge in [-0.2, -0.15) is 0 Å². The Balaban J connectivity index is 0. The molecule has 0 aromatic rings. The molecule has 0 fully saturated rings. The van der Waals surface area contributed by atoms with Crippen LogP contribution in [0.25, 0.3) is 0 Å². The molecule has 0 radical (unpaired) electrons. The van der Waals surface area contributed by atoms with Crippen molar-refractivity contribution >= 4 is 7.26 Å². The molecule has 0 aromatic carbocycles. The fraction of sp³-hybridized carbons (Fsp3) is 1.00. The van der Waals surface area contributed by atoms with Crippen LogP contribution < -0.4 is 17.0 Å². The van der Waals surface area contributed by atoms with E-state index >= 15 is 0 Å². The normalized spacial score (nSPS) is 11.6. The lowest BCUT2D eigenvalue weighted by atomic mass is 10.1. The molecule has 0 bridgehead atoms. The first-order valence-electron chi connectivity index (χ1n) is 12.6. The number of hydrogen-bond donors (Lipinski definition) is 0. The SMILES string of the molecule is CCCCCCCCCCCCC[P+](CCCC)(CCCC)CCCC.[Br-]. The number of unbranched alkanes of at least 4 members (excludes halogenated alkanes) is 13. The Labute approximate surface area is 185 Å². The van der Waals surface area contributed by atoms with Crippen LogP contribution in [-0.2, 0) is 0 Å². The van der Waals surface area contributed by atoms with Crippen LogP contribution >= 0.6 is 7.26 Å². The molecule has 0 rings (SSSR count). The van der Waals surface area contributed by atoms with Crippen LogP contribution in [0.5, 0.6) is 0 Å². The molecule has 0 aliphatic heterocycles. The molecule has 27 heavy (non-hydrogen) atoms. The molecule has 0 nitrogen and oxygen atoms in total.